The molecule has 0 aliphatic rings. The predicted octanol–water partition coefficient (Wildman–Crippen LogP) is 2.49. The number of amides is 1. The van der Waals surface area contributed by atoms with Crippen LogP contribution in [0.1, 0.15) is 19.4 Å². The summed E-state index contributed by atoms with van der Waals surface area (Å²) in [6.07, 6.45) is 0. The molecule has 1 amide bonds. The van der Waals surface area contributed by atoms with Crippen LogP contribution < -0.4 is 5.32 Å². The normalized spacial score (nSPS) is 12.6. The molecule has 18 heavy (non-hydrogen) atoms. The van der Waals surface area contributed by atoms with Crippen molar-refractivity contribution < 1.29 is 4.79 Å². The summed E-state index contributed by atoms with van der Waals surface area (Å²) >= 11 is 1.44. The Morgan fingerprint density at radius 3 is 3.06 bits per heavy atom. The highest BCUT2D eigenvalue weighted by Gasteiger charge is 2.15. The minimum Gasteiger partial charge on any atom is -0.355 e. The molecule has 1 heterocycles. The zero-order valence-corrected chi connectivity index (χ0v) is 11.6. The Bertz CT molecular complexity index is 564. The molecule has 2 N–H and O–H groups in total. The van der Waals surface area contributed by atoms with E-state index in [1.165, 1.54) is 17.3 Å². The number of hydrogen-bond acceptors (Lipinski definition) is 3. The number of imidazole rings is 1. The number of aryl methyl sites for hydroxylation is 1. The Morgan fingerprint density at radius 1 is 1.56 bits per heavy atom. The number of thioether (sulfide) groups is 1. The summed E-state index contributed by atoms with van der Waals surface area (Å²) in [7, 11) is 0. The van der Waals surface area contributed by atoms with Crippen molar-refractivity contribution in [3.63, 3.8) is 0 Å². The summed E-state index contributed by atoms with van der Waals surface area (Å²) in [6, 6.07) is 6.08. The van der Waals surface area contributed by atoms with Gasteiger partial charge in [0.25, 0.3) is 0 Å². The van der Waals surface area contributed by atoms with Crippen LogP contribution >= 0.6 is 11.8 Å². The Labute approximate surface area is 111 Å². The summed E-state index contributed by atoms with van der Waals surface area (Å²) in [5.41, 5.74) is 3.14. The lowest BCUT2D eigenvalue weighted by atomic mass is 10.2. The van der Waals surface area contributed by atoms with E-state index in [0.29, 0.717) is 6.54 Å². The highest BCUT2D eigenvalue weighted by molar-refractivity contribution is 8.00. The van der Waals surface area contributed by atoms with Crippen molar-refractivity contribution in [3.8, 4) is 0 Å². The fourth-order valence-corrected chi connectivity index (χ4v) is 2.54. The van der Waals surface area contributed by atoms with Gasteiger partial charge in [0.1, 0.15) is 0 Å². The highest BCUT2D eigenvalue weighted by atomic mass is 32.2. The standard InChI is InChI=1S/C13H17N3OS/c1-4-14-12(17)9(3)18-13-15-10-6-5-8(2)7-11(10)16-13/h5-7,9H,4H2,1-3H3,(H,14,17)(H,15,16)/t9-/m0/s1. The average Bonchev–Trinajstić information content (AvgIpc) is 2.70. The van der Waals surface area contributed by atoms with Crippen molar-refractivity contribution in [2.45, 2.75) is 31.2 Å². The van der Waals surface area contributed by atoms with E-state index >= 15 is 0 Å². The number of aromatic nitrogens is 2. The first kappa shape index (κ1) is 13.0. The molecule has 1 aromatic carbocycles. The molecule has 1 aromatic heterocycles. The highest BCUT2D eigenvalue weighted by Crippen LogP contribution is 2.23. The molecular weight excluding hydrogens is 246 g/mol. The van der Waals surface area contributed by atoms with E-state index in [4.69, 9.17) is 0 Å². The molecule has 0 bridgehead atoms. The molecular formula is C13H17N3OS. The molecule has 0 aliphatic carbocycles. The Kier molecular flexibility index (Phi) is 3.91. The first-order valence-electron chi connectivity index (χ1n) is 6.01. The van der Waals surface area contributed by atoms with Gasteiger partial charge >= 0.3 is 0 Å². The van der Waals surface area contributed by atoms with Gasteiger partial charge in [-0.3, -0.25) is 4.79 Å². The number of fused-ring (bicyclic) bond motifs is 1. The largest absolute Gasteiger partial charge is 0.355 e. The molecule has 2 aromatic rings. The van der Waals surface area contributed by atoms with Crippen molar-refractivity contribution in [1.29, 1.82) is 0 Å². The Morgan fingerprint density at radius 2 is 2.33 bits per heavy atom. The molecule has 0 fully saturated rings. The van der Waals surface area contributed by atoms with Crippen LogP contribution in [0.3, 0.4) is 0 Å². The second-order valence-electron chi connectivity index (χ2n) is 4.22. The Balaban J connectivity index is 2.14. The Hall–Kier alpha value is -1.49. The molecule has 0 radical (unpaired) electrons. The fraction of sp³-hybridized carbons (Fsp3) is 0.385. The van der Waals surface area contributed by atoms with Crippen LogP contribution in [0.2, 0.25) is 0 Å². The van der Waals surface area contributed by atoms with Crippen LogP contribution in [0.25, 0.3) is 11.0 Å². The van der Waals surface area contributed by atoms with Crippen molar-refractivity contribution in [2.75, 3.05) is 6.54 Å². The summed E-state index contributed by atoms with van der Waals surface area (Å²) in [5.74, 6) is 0.0409. The van der Waals surface area contributed by atoms with Crippen LogP contribution in [0.15, 0.2) is 23.4 Å². The third kappa shape index (κ3) is 2.85. The van der Waals surface area contributed by atoms with Crippen LogP contribution in [-0.2, 0) is 4.79 Å². The average molecular weight is 263 g/mol. The quantitative estimate of drug-likeness (QED) is 0.833. The topological polar surface area (TPSA) is 57.8 Å². The van der Waals surface area contributed by atoms with Gasteiger partial charge in [-0.1, -0.05) is 17.8 Å². The monoisotopic (exact) mass is 263 g/mol. The first-order chi connectivity index (χ1) is 8.60. The van der Waals surface area contributed by atoms with Gasteiger partial charge in [0.15, 0.2) is 5.16 Å². The third-order valence-electron chi connectivity index (χ3n) is 2.62. The van der Waals surface area contributed by atoms with Gasteiger partial charge in [0.05, 0.1) is 16.3 Å². The molecule has 0 spiro atoms. The van der Waals surface area contributed by atoms with Gasteiger partial charge in [-0.05, 0) is 38.5 Å². The number of nitrogens with one attached hydrogen (secondary N) is 2. The predicted molar refractivity (Wildman–Crippen MR) is 74.8 cm³/mol. The van der Waals surface area contributed by atoms with E-state index in [2.05, 4.69) is 21.4 Å². The lowest BCUT2D eigenvalue weighted by Crippen LogP contribution is -2.30. The van der Waals surface area contributed by atoms with E-state index in [0.717, 1.165) is 16.2 Å². The van der Waals surface area contributed by atoms with Gasteiger partial charge in [-0.2, -0.15) is 0 Å². The molecule has 0 saturated heterocycles. The minimum absolute atomic E-state index is 0.0409. The van der Waals surface area contributed by atoms with Crippen LogP contribution in [0.4, 0.5) is 0 Å². The van der Waals surface area contributed by atoms with Gasteiger partial charge in [0, 0.05) is 6.54 Å². The molecule has 0 saturated carbocycles. The number of carbonyl (C=O) groups is 1. The maximum Gasteiger partial charge on any atom is 0.233 e. The van der Waals surface area contributed by atoms with Crippen LogP contribution in [0.5, 0.6) is 0 Å². The second-order valence-corrected chi connectivity index (χ2v) is 5.55. The number of benzene rings is 1. The number of aromatic amines is 1. The number of carbonyl (C=O) groups excluding carboxylic acids is 1. The molecule has 0 aliphatic heterocycles. The van der Waals surface area contributed by atoms with Gasteiger partial charge in [0.2, 0.25) is 5.91 Å². The molecule has 0 unspecified atom stereocenters. The van der Waals surface area contributed by atoms with Crippen molar-refractivity contribution in [1.82, 2.24) is 15.3 Å². The number of hydrogen-bond donors (Lipinski definition) is 2. The van der Waals surface area contributed by atoms with E-state index < -0.39 is 0 Å². The van der Waals surface area contributed by atoms with E-state index in [1.807, 2.05) is 32.9 Å². The van der Waals surface area contributed by atoms with Crippen LogP contribution in [0, 0.1) is 6.92 Å². The van der Waals surface area contributed by atoms with Crippen molar-refractivity contribution in [2.24, 2.45) is 0 Å². The fourth-order valence-electron chi connectivity index (χ4n) is 1.69. The zero-order chi connectivity index (χ0) is 13.1. The lowest BCUT2D eigenvalue weighted by Gasteiger charge is -2.08. The van der Waals surface area contributed by atoms with Gasteiger partial charge in [-0.15, -0.1) is 0 Å². The second kappa shape index (κ2) is 5.44. The van der Waals surface area contributed by atoms with Crippen molar-refractivity contribution >= 4 is 28.7 Å². The number of H-pyrrole nitrogens is 1. The first-order valence-corrected chi connectivity index (χ1v) is 6.89. The summed E-state index contributed by atoms with van der Waals surface area (Å²) in [4.78, 5) is 19.3. The lowest BCUT2D eigenvalue weighted by molar-refractivity contribution is -0.120. The van der Waals surface area contributed by atoms with E-state index in [-0.39, 0.29) is 11.2 Å². The molecule has 5 heteroatoms. The summed E-state index contributed by atoms with van der Waals surface area (Å²) < 4.78 is 0. The molecule has 2 rings (SSSR count). The van der Waals surface area contributed by atoms with E-state index in [1.54, 1.807) is 0 Å². The third-order valence-corrected chi connectivity index (χ3v) is 3.61. The maximum absolute atomic E-state index is 11.6. The van der Waals surface area contributed by atoms with E-state index in [9.17, 15) is 4.79 Å². The maximum atomic E-state index is 11.6. The SMILES string of the molecule is CCNC(=O)[C@H](C)Sc1nc2ccc(C)cc2[nH]1. The number of rotatable bonds is 4. The van der Waals surface area contributed by atoms with Crippen LogP contribution in [-0.4, -0.2) is 27.7 Å². The van der Waals surface area contributed by atoms with Gasteiger partial charge in [-0.25, -0.2) is 4.98 Å². The van der Waals surface area contributed by atoms with Crippen molar-refractivity contribution in [3.05, 3.63) is 23.8 Å². The summed E-state index contributed by atoms with van der Waals surface area (Å²) in [5, 5.41) is 3.45. The number of nitrogens with zero attached hydrogens (tertiary/aromatic N) is 1. The molecule has 96 valence electrons. The zero-order valence-electron chi connectivity index (χ0n) is 10.8. The minimum atomic E-state index is -0.147. The van der Waals surface area contributed by atoms with Gasteiger partial charge < -0.3 is 10.3 Å². The molecule has 1 atom stereocenters. The summed E-state index contributed by atoms with van der Waals surface area (Å²) in [6.45, 7) is 6.50. The smallest absolute Gasteiger partial charge is 0.233 e. The molecule has 4 nitrogen and oxygen atoms in total.